The molecular formula is C16H22N4O. The Morgan fingerprint density at radius 2 is 2.05 bits per heavy atom. The molecular weight excluding hydrogens is 264 g/mol. The van der Waals surface area contributed by atoms with Crippen LogP contribution >= 0.6 is 0 Å². The molecule has 4 rings (SSSR count). The van der Waals surface area contributed by atoms with Crippen molar-refractivity contribution in [2.75, 3.05) is 39.4 Å². The Labute approximate surface area is 125 Å². The number of fused-ring (bicyclic) bond motifs is 1. The Kier molecular flexibility index (Phi) is 3.41. The van der Waals surface area contributed by atoms with Gasteiger partial charge in [0.2, 0.25) is 0 Å². The molecule has 0 aromatic carbocycles. The standard InChI is InChI=1S/C16H22N4O/c1-13-15(20-5-3-2-4-16(20)17-13)12-18-10-14(11-18)19-6-8-21-9-7-19/h2-5,14H,6-12H2,1H3. The first kappa shape index (κ1) is 13.2. The average Bonchev–Trinajstić information content (AvgIpc) is 2.79. The predicted octanol–water partition coefficient (Wildman–Crippen LogP) is 1.16. The SMILES string of the molecule is Cc1nc2ccccn2c1CN1CC(N2CCOCC2)C1. The summed E-state index contributed by atoms with van der Waals surface area (Å²) in [5.41, 5.74) is 3.53. The molecule has 0 atom stereocenters. The zero-order valence-corrected chi connectivity index (χ0v) is 12.5. The van der Waals surface area contributed by atoms with E-state index in [0.29, 0.717) is 6.04 Å². The quantitative estimate of drug-likeness (QED) is 0.848. The molecule has 2 aromatic heterocycles. The summed E-state index contributed by atoms with van der Waals surface area (Å²) < 4.78 is 7.65. The second kappa shape index (κ2) is 5.40. The van der Waals surface area contributed by atoms with Crippen molar-refractivity contribution in [3.63, 3.8) is 0 Å². The molecule has 0 spiro atoms. The van der Waals surface area contributed by atoms with Crippen LogP contribution in [0.2, 0.25) is 0 Å². The Morgan fingerprint density at radius 3 is 2.86 bits per heavy atom. The summed E-state index contributed by atoms with van der Waals surface area (Å²) in [6.07, 6.45) is 2.11. The summed E-state index contributed by atoms with van der Waals surface area (Å²) in [5.74, 6) is 0. The summed E-state index contributed by atoms with van der Waals surface area (Å²) in [4.78, 5) is 9.73. The van der Waals surface area contributed by atoms with Gasteiger partial charge in [-0.2, -0.15) is 0 Å². The molecule has 4 heterocycles. The van der Waals surface area contributed by atoms with Crippen molar-refractivity contribution in [1.29, 1.82) is 0 Å². The highest BCUT2D eigenvalue weighted by molar-refractivity contribution is 5.42. The Morgan fingerprint density at radius 1 is 1.24 bits per heavy atom. The lowest BCUT2D eigenvalue weighted by atomic mass is 10.1. The fourth-order valence-corrected chi connectivity index (χ4v) is 3.41. The molecule has 2 fully saturated rings. The molecule has 0 bridgehead atoms. The smallest absolute Gasteiger partial charge is 0.137 e. The van der Waals surface area contributed by atoms with Crippen molar-refractivity contribution >= 4 is 5.65 Å². The minimum Gasteiger partial charge on any atom is -0.379 e. The van der Waals surface area contributed by atoms with Gasteiger partial charge in [0.25, 0.3) is 0 Å². The largest absolute Gasteiger partial charge is 0.379 e. The van der Waals surface area contributed by atoms with Crippen LogP contribution in [0.3, 0.4) is 0 Å². The van der Waals surface area contributed by atoms with Gasteiger partial charge in [-0.05, 0) is 19.1 Å². The van der Waals surface area contributed by atoms with Crippen LogP contribution in [0.15, 0.2) is 24.4 Å². The highest BCUT2D eigenvalue weighted by Crippen LogP contribution is 2.21. The molecule has 0 radical (unpaired) electrons. The summed E-state index contributed by atoms with van der Waals surface area (Å²) in [7, 11) is 0. The topological polar surface area (TPSA) is 33.0 Å². The highest BCUT2D eigenvalue weighted by atomic mass is 16.5. The molecule has 5 heteroatoms. The molecule has 0 aliphatic carbocycles. The summed E-state index contributed by atoms with van der Waals surface area (Å²) in [6, 6.07) is 6.91. The molecule has 112 valence electrons. The van der Waals surface area contributed by atoms with Crippen molar-refractivity contribution in [3.05, 3.63) is 35.8 Å². The molecule has 2 aromatic rings. The number of aryl methyl sites for hydroxylation is 1. The number of ether oxygens (including phenoxy) is 1. The number of rotatable bonds is 3. The number of hydrogen-bond donors (Lipinski definition) is 0. The van der Waals surface area contributed by atoms with Crippen LogP contribution < -0.4 is 0 Å². The van der Waals surface area contributed by atoms with Crippen LogP contribution in [0, 0.1) is 6.92 Å². The van der Waals surface area contributed by atoms with Crippen molar-refractivity contribution < 1.29 is 4.74 Å². The minimum absolute atomic E-state index is 0.716. The van der Waals surface area contributed by atoms with Crippen LogP contribution in [-0.2, 0) is 11.3 Å². The maximum atomic E-state index is 5.43. The third-order valence-electron chi connectivity index (χ3n) is 4.70. The summed E-state index contributed by atoms with van der Waals surface area (Å²) in [5, 5.41) is 0. The van der Waals surface area contributed by atoms with Gasteiger partial charge >= 0.3 is 0 Å². The molecule has 0 unspecified atom stereocenters. The number of morpholine rings is 1. The molecule has 0 amide bonds. The molecule has 2 saturated heterocycles. The van der Waals surface area contributed by atoms with Crippen LogP contribution in [-0.4, -0.2) is 64.6 Å². The number of pyridine rings is 1. The first-order valence-corrected chi connectivity index (χ1v) is 7.78. The lowest BCUT2D eigenvalue weighted by Crippen LogP contribution is -2.61. The lowest BCUT2D eigenvalue weighted by molar-refractivity contribution is -0.0348. The molecule has 2 aliphatic rings. The third-order valence-corrected chi connectivity index (χ3v) is 4.70. The second-order valence-corrected chi connectivity index (χ2v) is 6.07. The van der Waals surface area contributed by atoms with Gasteiger partial charge in [-0.15, -0.1) is 0 Å². The van der Waals surface area contributed by atoms with Crippen LogP contribution in [0.1, 0.15) is 11.4 Å². The normalized spacial score (nSPS) is 21.8. The van der Waals surface area contributed by atoms with Gasteiger partial charge in [-0.25, -0.2) is 4.98 Å². The third kappa shape index (κ3) is 2.46. The number of aromatic nitrogens is 2. The van der Waals surface area contributed by atoms with Gasteiger partial charge in [0.1, 0.15) is 5.65 Å². The van der Waals surface area contributed by atoms with E-state index in [-0.39, 0.29) is 0 Å². The first-order valence-electron chi connectivity index (χ1n) is 7.78. The highest BCUT2D eigenvalue weighted by Gasteiger charge is 2.33. The summed E-state index contributed by atoms with van der Waals surface area (Å²) >= 11 is 0. The van der Waals surface area contributed by atoms with Gasteiger partial charge in [0, 0.05) is 45.0 Å². The molecule has 2 aliphatic heterocycles. The van der Waals surface area contributed by atoms with Crippen molar-refractivity contribution in [2.45, 2.75) is 19.5 Å². The number of imidazole rings is 1. The Balaban J connectivity index is 1.42. The monoisotopic (exact) mass is 286 g/mol. The maximum absolute atomic E-state index is 5.43. The van der Waals surface area contributed by atoms with E-state index in [2.05, 4.69) is 44.4 Å². The Hall–Kier alpha value is -1.43. The summed E-state index contributed by atoms with van der Waals surface area (Å²) in [6.45, 7) is 9.41. The van der Waals surface area contributed by atoms with E-state index in [1.165, 1.54) is 18.8 Å². The maximum Gasteiger partial charge on any atom is 0.137 e. The van der Waals surface area contributed by atoms with E-state index in [9.17, 15) is 0 Å². The molecule has 5 nitrogen and oxygen atoms in total. The van der Waals surface area contributed by atoms with Crippen molar-refractivity contribution in [2.24, 2.45) is 0 Å². The van der Waals surface area contributed by atoms with Crippen molar-refractivity contribution in [1.82, 2.24) is 19.2 Å². The van der Waals surface area contributed by atoms with Crippen molar-refractivity contribution in [3.8, 4) is 0 Å². The average molecular weight is 286 g/mol. The van der Waals surface area contributed by atoms with Gasteiger partial charge in [0.05, 0.1) is 24.6 Å². The van der Waals surface area contributed by atoms with Gasteiger partial charge in [0.15, 0.2) is 0 Å². The van der Waals surface area contributed by atoms with Gasteiger partial charge < -0.3 is 9.14 Å². The van der Waals surface area contributed by atoms with Crippen LogP contribution in [0.5, 0.6) is 0 Å². The minimum atomic E-state index is 0.716. The van der Waals surface area contributed by atoms with Crippen LogP contribution in [0.4, 0.5) is 0 Å². The van der Waals surface area contributed by atoms with E-state index >= 15 is 0 Å². The van der Waals surface area contributed by atoms with E-state index in [1.807, 2.05) is 6.07 Å². The predicted molar refractivity (Wildman–Crippen MR) is 81.4 cm³/mol. The van der Waals surface area contributed by atoms with Gasteiger partial charge in [-0.3, -0.25) is 9.80 Å². The molecule has 0 saturated carbocycles. The van der Waals surface area contributed by atoms with E-state index in [0.717, 1.165) is 44.2 Å². The zero-order chi connectivity index (χ0) is 14.2. The molecule has 0 N–H and O–H groups in total. The Bertz CT molecular complexity index is 626. The second-order valence-electron chi connectivity index (χ2n) is 6.07. The van der Waals surface area contributed by atoms with E-state index in [4.69, 9.17) is 4.74 Å². The molecule has 21 heavy (non-hydrogen) atoms. The number of likely N-dealkylation sites (tertiary alicyclic amines) is 1. The van der Waals surface area contributed by atoms with Gasteiger partial charge in [-0.1, -0.05) is 6.07 Å². The van der Waals surface area contributed by atoms with E-state index in [1.54, 1.807) is 0 Å². The van der Waals surface area contributed by atoms with E-state index < -0.39 is 0 Å². The number of nitrogens with zero attached hydrogens (tertiary/aromatic N) is 4. The zero-order valence-electron chi connectivity index (χ0n) is 12.5. The fourth-order valence-electron chi connectivity index (χ4n) is 3.41. The van der Waals surface area contributed by atoms with Crippen LogP contribution in [0.25, 0.3) is 5.65 Å². The first-order chi connectivity index (χ1) is 10.3. The fraction of sp³-hybridized carbons (Fsp3) is 0.562. The number of hydrogen-bond acceptors (Lipinski definition) is 4. The lowest BCUT2D eigenvalue weighted by Gasteiger charge is -2.46.